The van der Waals surface area contributed by atoms with Crippen molar-refractivity contribution in [2.24, 2.45) is 0 Å². The van der Waals surface area contributed by atoms with E-state index in [-0.39, 0.29) is 11.6 Å². The molecule has 0 aromatic carbocycles. The molecule has 2 heterocycles. The summed E-state index contributed by atoms with van der Waals surface area (Å²) in [6.07, 6.45) is -5.59. The van der Waals surface area contributed by atoms with Gasteiger partial charge in [0.25, 0.3) is 0 Å². The number of hydrogen-bond donors (Lipinski definition) is 0. The summed E-state index contributed by atoms with van der Waals surface area (Å²) < 4.78 is 87.4. The number of carbonyl (C=O) groups is 1. The summed E-state index contributed by atoms with van der Waals surface area (Å²) in [7, 11) is -8.27. The van der Waals surface area contributed by atoms with Crippen molar-refractivity contribution in [3.63, 3.8) is 0 Å². The van der Waals surface area contributed by atoms with E-state index in [1.807, 2.05) is 33.9 Å². The molecule has 2 aliphatic heterocycles. The third kappa shape index (κ3) is 5.13. The summed E-state index contributed by atoms with van der Waals surface area (Å²) in [5, 5.41) is -0.135. The molecule has 2 rings (SSSR count). The van der Waals surface area contributed by atoms with Gasteiger partial charge in [-0.25, -0.2) is 8.98 Å². The molecule has 4 atom stereocenters. The molecule has 8 nitrogen and oxygen atoms in total. The van der Waals surface area contributed by atoms with E-state index in [9.17, 15) is 26.4 Å². The first-order chi connectivity index (χ1) is 12.8. The monoisotopic (exact) mass is 464 g/mol. The molecule has 0 aliphatic carbocycles. The number of ether oxygens (including phenoxy) is 3. The number of fused-ring (bicyclic) bond motifs is 1. The van der Waals surface area contributed by atoms with Crippen LogP contribution in [0.15, 0.2) is 0 Å². The fraction of sp³-hybridized carbons (Fsp3) is 0.938. The number of rotatable bonds is 5. The molecule has 0 unspecified atom stereocenters. The van der Waals surface area contributed by atoms with Gasteiger partial charge in [-0.15, -0.1) is 0 Å². The van der Waals surface area contributed by atoms with Crippen LogP contribution in [-0.2, 0) is 37.7 Å². The minimum atomic E-state index is -6.04. The molecule has 0 radical (unpaired) electrons. The standard InChI is InChI=1S/C16H27F3O8SSi/c1-14(2,3)29(6,7)23-8-9-10-11(26-15(4,5)25-10)12(13(20)24-9)27-28(21,22)16(17,18)19/h9-12H,8H2,1-7H3/t9-,10-,11-,12+/m1/s1. The van der Waals surface area contributed by atoms with Crippen LogP contribution in [0, 0.1) is 0 Å². The zero-order valence-corrected chi connectivity index (χ0v) is 19.1. The highest BCUT2D eigenvalue weighted by atomic mass is 32.2. The Morgan fingerprint density at radius 3 is 2.10 bits per heavy atom. The number of esters is 1. The summed E-state index contributed by atoms with van der Waals surface area (Å²) >= 11 is 0. The quantitative estimate of drug-likeness (QED) is 0.265. The van der Waals surface area contributed by atoms with E-state index in [4.69, 9.17) is 18.6 Å². The zero-order chi connectivity index (χ0) is 22.6. The molecule has 2 saturated heterocycles. The first-order valence-electron chi connectivity index (χ1n) is 8.97. The average molecular weight is 465 g/mol. The van der Waals surface area contributed by atoms with Gasteiger partial charge in [-0.1, -0.05) is 20.8 Å². The van der Waals surface area contributed by atoms with Gasteiger partial charge in [0.1, 0.15) is 12.2 Å². The lowest BCUT2D eigenvalue weighted by Crippen LogP contribution is -2.58. The van der Waals surface area contributed by atoms with Gasteiger partial charge < -0.3 is 18.6 Å². The number of hydrogen-bond acceptors (Lipinski definition) is 8. The summed E-state index contributed by atoms with van der Waals surface area (Å²) in [4.78, 5) is 12.3. The Hall–Kier alpha value is -0.733. The second-order valence-electron chi connectivity index (χ2n) is 9.03. The Morgan fingerprint density at radius 1 is 1.10 bits per heavy atom. The molecule has 2 fully saturated rings. The Kier molecular flexibility index (Phi) is 6.30. The first kappa shape index (κ1) is 24.5. The predicted octanol–water partition coefficient (Wildman–Crippen LogP) is 2.69. The van der Waals surface area contributed by atoms with E-state index in [0.29, 0.717) is 0 Å². The fourth-order valence-corrected chi connectivity index (χ4v) is 4.26. The third-order valence-electron chi connectivity index (χ3n) is 5.26. The van der Waals surface area contributed by atoms with Gasteiger partial charge >= 0.3 is 21.6 Å². The van der Waals surface area contributed by atoms with E-state index < -0.39 is 60.1 Å². The van der Waals surface area contributed by atoms with Crippen LogP contribution in [0.1, 0.15) is 34.6 Å². The topological polar surface area (TPSA) is 97.4 Å². The SMILES string of the molecule is CC1(C)O[C@@H]2[C@H](O1)[C@@H](CO[Si](C)(C)C(C)(C)C)OC(=O)[C@H]2OS(=O)(=O)C(F)(F)F. The molecule has 0 aromatic rings. The van der Waals surface area contributed by atoms with Gasteiger partial charge in [-0.05, 0) is 32.0 Å². The van der Waals surface area contributed by atoms with E-state index >= 15 is 0 Å². The summed E-state index contributed by atoms with van der Waals surface area (Å²) in [5.41, 5.74) is -5.69. The van der Waals surface area contributed by atoms with Crippen molar-refractivity contribution in [1.82, 2.24) is 0 Å². The van der Waals surface area contributed by atoms with Crippen LogP contribution in [0.25, 0.3) is 0 Å². The average Bonchev–Trinajstić information content (AvgIpc) is 2.81. The van der Waals surface area contributed by atoms with E-state index in [0.717, 1.165) is 0 Å². The Balaban J connectivity index is 2.25. The van der Waals surface area contributed by atoms with Gasteiger partial charge in [0.05, 0.1) is 6.61 Å². The Labute approximate surface area is 169 Å². The molecule has 0 aromatic heterocycles. The van der Waals surface area contributed by atoms with E-state index in [2.05, 4.69) is 4.18 Å². The first-order valence-corrected chi connectivity index (χ1v) is 13.3. The maximum absolute atomic E-state index is 12.7. The Bertz CT molecular complexity index is 744. The zero-order valence-electron chi connectivity index (χ0n) is 17.3. The van der Waals surface area contributed by atoms with Crippen molar-refractivity contribution >= 4 is 24.4 Å². The number of cyclic esters (lactones) is 1. The lowest BCUT2D eigenvalue weighted by molar-refractivity contribution is -0.187. The fourth-order valence-electron chi connectivity index (χ4n) is 2.68. The third-order valence-corrected chi connectivity index (χ3v) is 10.8. The highest BCUT2D eigenvalue weighted by molar-refractivity contribution is 7.87. The van der Waals surface area contributed by atoms with Gasteiger partial charge in [0.15, 0.2) is 20.2 Å². The van der Waals surface area contributed by atoms with Crippen LogP contribution in [0.3, 0.4) is 0 Å². The van der Waals surface area contributed by atoms with Crippen molar-refractivity contribution in [3.05, 3.63) is 0 Å². The molecular weight excluding hydrogens is 437 g/mol. The second kappa shape index (κ2) is 7.45. The smallest absolute Gasteiger partial charge is 0.455 e. The molecule has 0 bridgehead atoms. The molecule has 13 heteroatoms. The number of alkyl halides is 3. The lowest BCUT2D eigenvalue weighted by Gasteiger charge is -2.40. The maximum Gasteiger partial charge on any atom is 0.523 e. The summed E-state index contributed by atoms with van der Waals surface area (Å²) in [6.45, 7) is 12.9. The second-order valence-corrected chi connectivity index (χ2v) is 15.4. The van der Waals surface area contributed by atoms with E-state index in [1.165, 1.54) is 13.8 Å². The molecular formula is C16H27F3O8SSi. The van der Waals surface area contributed by atoms with Gasteiger partial charge in [-0.2, -0.15) is 21.6 Å². The van der Waals surface area contributed by atoms with Crippen LogP contribution in [-0.4, -0.2) is 65.0 Å². The molecule has 170 valence electrons. The molecule has 0 spiro atoms. The molecule has 2 aliphatic rings. The highest BCUT2D eigenvalue weighted by Crippen LogP contribution is 2.41. The maximum atomic E-state index is 12.7. The summed E-state index contributed by atoms with van der Waals surface area (Å²) in [6, 6.07) is 0. The largest absolute Gasteiger partial charge is 0.523 e. The van der Waals surface area contributed by atoms with Gasteiger partial charge in [0.2, 0.25) is 6.10 Å². The van der Waals surface area contributed by atoms with Crippen LogP contribution in [0.4, 0.5) is 13.2 Å². The van der Waals surface area contributed by atoms with Crippen molar-refractivity contribution in [1.29, 1.82) is 0 Å². The number of carbonyl (C=O) groups excluding carboxylic acids is 1. The van der Waals surface area contributed by atoms with Crippen LogP contribution >= 0.6 is 0 Å². The molecule has 0 amide bonds. The lowest BCUT2D eigenvalue weighted by atomic mass is 10.0. The van der Waals surface area contributed by atoms with Gasteiger partial charge in [0, 0.05) is 0 Å². The highest BCUT2D eigenvalue weighted by Gasteiger charge is 2.60. The predicted molar refractivity (Wildman–Crippen MR) is 96.7 cm³/mol. The van der Waals surface area contributed by atoms with Gasteiger partial charge in [-0.3, -0.25) is 0 Å². The van der Waals surface area contributed by atoms with Crippen molar-refractivity contribution < 1.29 is 49.2 Å². The number of halogens is 3. The minimum absolute atomic E-state index is 0.0679. The van der Waals surface area contributed by atoms with Crippen molar-refractivity contribution in [3.8, 4) is 0 Å². The minimum Gasteiger partial charge on any atom is -0.455 e. The Morgan fingerprint density at radius 2 is 1.62 bits per heavy atom. The summed E-state index contributed by atoms with van der Waals surface area (Å²) in [5.74, 6) is -2.58. The molecule has 0 saturated carbocycles. The molecule has 0 N–H and O–H groups in total. The van der Waals surface area contributed by atoms with Crippen molar-refractivity contribution in [2.75, 3.05) is 6.61 Å². The van der Waals surface area contributed by atoms with E-state index in [1.54, 1.807) is 0 Å². The molecule has 29 heavy (non-hydrogen) atoms. The normalized spacial score (nSPS) is 30.8. The van der Waals surface area contributed by atoms with Crippen molar-refractivity contribution in [2.45, 2.75) is 88.5 Å². The van der Waals surface area contributed by atoms with Crippen LogP contribution < -0.4 is 0 Å². The van der Waals surface area contributed by atoms with Crippen LogP contribution in [0.2, 0.25) is 18.1 Å². The van der Waals surface area contributed by atoms with Crippen LogP contribution in [0.5, 0.6) is 0 Å².